The standard InChI is InChI=1S/C12H19N3O3S/c1-5-13-10(16)8(4)14-11-9(7(3)15-19-11)12(17)18-6-2/h8,14H,5-6H2,1-4H3,(H,13,16). The van der Waals surface area contributed by atoms with Crippen molar-refractivity contribution in [3.63, 3.8) is 0 Å². The maximum atomic E-state index is 11.8. The summed E-state index contributed by atoms with van der Waals surface area (Å²) in [6.07, 6.45) is 0. The minimum absolute atomic E-state index is 0.122. The fraction of sp³-hybridized carbons (Fsp3) is 0.583. The number of aryl methyl sites for hydroxylation is 1. The molecule has 1 heterocycles. The second kappa shape index (κ2) is 7.08. The summed E-state index contributed by atoms with van der Waals surface area (Å²) in [5.41, 5.74) is 1.01. The molecule has 2 N–H and O–H groups in total. The van der Waals surface area contributed by atoms with E-state index < -0.39 is 12.0 Å². The Morgan fingerprint density at radius 3 is 2.68 bits per heavy atom. The minimum atomic E-state index is -0.437. The summed E-state index contributed by atoms with van der Waals surface area (Å²) in [4.78, 5) is 23.5. The number of anilines is 1. The number of hydrogen-bond acceptors (Lipinski definition) is 6. The van der Waals surface area contributed by atoms with Crippen LogP contribution in [-0.2, 0) is 9.53 Å². The van der Waals surface area contributed by atoms with E-state index in [1.807, 2.05) is 6.92 Å². The first-order chi connectivity index (χ1) is 9.01. The molecule has 1 amide bonds. The molecule has 0 spiro atoms. The highest BCUT2D eigenvalue weighted by Crippen LogP contribution is 2.26. The molecule has 0 saturated carbocycles. The number of aromatic nitrogens is 1. The molecule has 1 rings (SSSR count). The molecule has 1 unspecified atom stereocenters. The van der Waals surface area contributed by atoms with Gasteiger partial charge in [-0.05, 0) is 39.2 Å². The monoisotopic (exact) mass is 285 g/mol. The van der Waals surface area contributed by atoms with Gasteiger partial charge in [0.05, 0.1) is 12.3 Å². The van der Waals surface area contributed by atoms with E-state index in [4.69, 9.17) is 4.74 Å². The van der Waals surface area contributed by atoms with Crippen LogP contribution in [-0.4, -0.2) is 35.4 Å². The Morgan fingerprint density at radius 1 is 1.42 bits per heavy atom. The zero-order valence-corrected chi connectivity index (χ0v) is 12.4. The first-order valence-electron chi connectivity index (χ1n) is 6.18. The zero-order valence-electron chi connectivity index (χ0n) is 11.6. The van der Waals surface area contributed by atoms with E-state index in [2.05, 4.69) is 15.0 Å². The molecule has 0 aromatic carbocycles. The van der Waals surface area contributed by atoms with Crippen LogP contribution in [0, 0.1) is 6.92 Å². The predicted octanol–water partition coefficient (Wildman–Crippen LogP) is 1.56. The van der Waals surface area contributed by atoms with Gasteiger partial charge in [0.2, 0.25) is 5.91 Å². The lowest BCUT2D eigenvalue weighted by Gasteiger charge is -2.14. The van der Waals surface area contributed by atoms with Crippen LogP contribution in [0.5, 0.6) is 0 Å². The molecular formula is C12H19N3O3S. The minimum Gasteiger partial charge on any atom is -0.462 e. The lowest BCUT2D eigenvalue weighted by molar-refractivity contribution is -0.121. The van der Waals surface area contributed by atoms with Crippen LogP contribution in [0.4, 0.5) is 5.00 Å². The number of hydrogen-bond donors (Lipinski definition) is 2. The van der Waals surface area contributed by atoms with Crippen molar-refractivity contribution in [2.45, 2.75) is 33.7 Å². The summed E-state index contributed by atoms with van der Waals surface area (Å²) in [5, 5.41) is 6.28. The van der Waals surface area contributed by atoms with Crippen LogP contribution < -0.4 is 10.6 Å². The van der Waals surface area contributed by atoms with Gasteiger partial charge in [-0.25, -0.2) is 4.79 Å². The van der Waals surface area contributed by atoms with Gasteiger partial charge in [0.25, 0.3) is 0 Å². The predicted molar refractivity (Wildman–Crippen MR) is 74.6 cm³/mol. The number of ether oxygens (including phenoxy) is 1. The van der Waals surface area contributed by atoms with Gasteiger partial charge in [0.15, 0.2) is 0 Å². The molecule has 0 fully saturated rings. The summed E-state index contributed by atoms with van der Waals surface area (Å²) < 4.78 is 9.11. The van der Waals surface area contributed by atoms with Gasteiger partial charge in [-0.15, -0.1) is 0 Å². The summed E-state index contributed by atoms with van der Waals surface area (Å²) in [7, 11) is 0. The second-order valence-corrected chi connectivity index (χ2v) is 4.73. The average molecular weight is 285 g/mol. The number of carbonyl (C=O) groups excluding carboxylic acids is 2. The molecule has 1 aromatic heterocycles. The lowest BCUT2D eigenvalue weighted by atomic mass is 10.2. The number of carbonyl (C=O) groups is 2. The van der Waals surface area contributed by atoms with Gasteiger partial charge >= 0.3 is 5.97 Å². The third kappa shape index (κ3) is 3.92. The van der Waals surface area contributed by atoms with Crippen LogP contribution in [0.25, 0.3) is 0 Å². The third-order valence-corrected chi connectivity index (χ3v) is 3.30. The summed E-state index contributed by atoms with van der Waals surface area (Å²) >= 11 is 1.15. The summed E-state index contributed by atoms with van der Waals surface area (Å²) in [6, 6.07) is -0.437. The molecule has 0 radical (unpaired) electrons. The van der Waals surface area contributed by atoms with Crippen molar-refractivity contribution < 1.29 is 14.3 Å². The Bertz CT molecular complexity index is 459. The SMILES string of the molecule is CCNC(=O)C(C)Nc1snc(C)c1C(=O)OCC. The van der Waals surface area contributed by atoms with Crippen molar-refractivity contribution >= 4 is 28.4 Å². The quantitative estimate of drug-likeness (QED) is 0.775. The highest BCUT2D eigenvalue weighted by atomic mass is 32.1. The van der Waals surface area contributed by atoms with Crippen molar-refractivity contribution in [2.24, 2.45) is 0 Å². The molecule has 0 aliphatic carbocycles. The van der Waals surface area contributed by atoms with Crippen molar-refractivity contribution in [3.05, 3.63) is 11.3 Å². The van der Waals surface area contributed by atoms with E-state index in [-0.39, 0.29) is 5.91 Å². The fourth-order valence-corrected chi connectivity index (χ4v) is 2.37. The van der Waals surface area contributed by atoms with E-state index in [0.717, 1.165) is 11.5 Å². The van der Waals surface area contributed by atoms with Crippen LogP contribution in [0.2, 0.25) is 0 Å². The van der Waals surface area contributed by atoms with Crippen molar-refractivity contribution in [1.29, 1.82) is 0 Å². The number of nitrogens with one attached hydrogen (secondary N) is 2. The Balaban J connectivity index is 2.84. The molecule has 0 saturated heterocycles. The zero-order chi connectivity index (χ0) is 14.4. The molecule has 0 aliphatic rings. The van der Waals surface area contributed by atoms with Crippen molar-refractivity contribution in [1.82, 2.24) is 9.69 Å². The third-order valence-electron chi connectivity index (χ3n) is 2.43. The van der Waals surface area contributed by atoms with Crippen LogP contribution in [0.1, 0.15) is 36.8 Å². The molecule has 106 valence electrons. The Hall–Kier alpha value is -1.63. The van der Waals surface area contributed by atoms with Crippen molar-refractivity contribution in [3.8, 4) is 0 Å². The van der Waals surface area contributed by atoms with E-state index >= 15 is 0 Å². The number of nitrogens with zero attached hydrogens (tertiary/aromatic N) is 1. The Kier molecular flexibility index (Phi) is 5.75. The normalized spacial score (nSPS) is 11.8. The Labute approximate surface area is 116 Å². The average Bonchev–Trinajstić information content (AvgIpc) is 2.71. The van der Waals surface area contributed by atoms with Gasteiger partial charge in [0.1, 0.15) is 16.6 Å². The smallest absolute Gasteiger partial charge is 0.343 e. The van der Waals surface area contributed by atoms with Crippen LogP contribution in [0.15, 0.2) is 0 Å². The van der Waals surface area contributed by atoms with Gasteiger partial charge in [-0.1, -0.05) is 0 Å². The molecule has 0 bridgehead atoms. The highest BCUT2D eigenvalue weighted by molar-refractivity contribution is 7.10. The van der Waals surface area contributed by atoms with Gasteiger partial charge < -0.3 is 15.4 Å². The summed E-state index contributed by atoms with van der Waals surface area (Å²) in [5.74, 6) is -0.539. The van der Waals surface area contributed by atoms with Crippen LogP contribution in [0.3, 0.4) is 0 Å². The Morgan fingerprint density at radius 2 is 2.11 bits per heavy atom. The molecule has 0 aliphatic heterocycles. The molecular weight excluding hydrogens is 266 g/mol. The second-order valence-electron chi connectivity index (χ2n) is 3.95. The van der Waals surface area contributed by atoms with E-state index in [1.165, 1.54) is 0 Å². The molecule has 6 nitrogen and oxygen atoms in total. The molecule has 1 aromatic rings. The first-order valence-corrected chi connectivity index (χ1v) is 6.96. The molecule has 7 heteroatoms. The number of likely N-dealkylation sites (N-methyl/N-ethyl adjacent to an activating group) is 1. The topological polar surface area (TPSA) is 80.3 Å². The number of amides is 1. The van der Waals surface area contributed by atoms with Gasteiger partial charge in [0, 0.05) is 6.54 Å². The maximum Gasteiger partial charge on any atom is 0.343 e. The largest absolute Gasteiger partial charge is 0.462 e. The molecule has 19 heavy (non-hydrogen) atoms. The number of esters is 1. The lowest BCUT2D eigenvalue weighted by Crippen LogP contribution is -2.37. The van der Waals surface area contributed by atoms with E-state index in [1.54, 1.807) is 20.8 Å². The summed E-state index contributed by atoms with van der Waals surface area (Å²) in [6.45, 7) is 7.94. The van der Waals surface area contributed by atoms with Crippen LogP contribution >= 0.6 is 11.5 Å². The maximum absolute atomic E-state index is 11.8. The van der Waals surface area contributed by atoms with Crippen molar-refractivity contribution in [2.75, 3.05) is 18.5 Å². The first kappa shape index (κ1) is 15.4. The van der Waals surface area contributed by atoms with Gasteiger partial charge in [-0.2, -0.15) is 4.37 Å². The fourth-order valence-electron chi connectivity index (χ4n) is 1.50. The van der Waals surface area contributed by atoms with E-state index in [9.17, 15) is 9.59 Å². The highest BCUT2D eigenvalue weighted by Gasteiger charge is 2.22. The van der Waals surface area contributed by atoms with E-state index in [0.29, 0.717) is 29.4 Å². The number of rotatable bonds is 6. The molecule has 1 atom stereocenters. The van der Waals surface area contributed by atoms with Gasteiger partial charge in [-0.3, -0.25) is 4.79 Å².